The number of nitrogens with zero attached hydrogens (tertiary/aromatic N) is 2. The fourth-order valence-electron chi connectivity index (χ4n) is 0.747. The van der Waals surface area contributed by atoms with E-state index in [9.17, 15) is 0 Å². The van der Waals surface area contributed by atoms with Gasteiger partial charge in [-0.3, -0.25) is 0 Å². The molecule has 5 nitrogen and oxygen atoms in total. The largest absolute Gasteiger partial charge is 0.340 e. The quantitative estimate of drug-likeness (QED) is 0.427. The smallest absolute Gasteiger partial charge is 0.307 e. The Kier molecular flexibility index (Phi) is 2.50. The third-order valence-electron chi connectivity index (χ3n) is 1.32. The van der Waals surface area contributed by atoms with Gasteiger partial charge in [-0.2, -0.15) is 5.26 Å². The number of halogens is 1. The Balaban J connectivity index is 3.23. The monoisotopic (exact) mass is 200 g/mol. The van der Waals surface area contributed by atoms with Crippen LogP contribution in [0.25, 0.3) is 0 Å². The highest BCUT2D eigenvalue weighted by Crippen LogP contribution is 2.22. The molecule has 0 radical (unpaired) electrons. The topological polar surface area (TPSA) is 97.4 Å². The van der Waals surface area contributed by atoms with E-state index in [-0.39, 0.29) is 16.4 Å². The lowest BCUT2D eigenvalue weighted by molar-refractivity contribution is -0.323. The van der Waals surface area contributed by atoms with Crippen molar-refractivity contribution in [1.82, 2.24) is 4.98 Å². The van der Waals surface area contributed by atoms with Gasteiger partial charge in [-0.25, -0.2) is 4.98 Å². The molecule has 0 spiro atoms. The predicted molar refractivity (Wildman–Crippen MR) is 42.3 cm³/mol. The second-order valence-corrected chi connectivity index (χ2v) is 2.64. The standard InChI is InChI=1S/C7H5ClN2O3/c8-6-5(7(11,12)13)2-1-4(3-9)10-6/h1-2,11-13H. The molecule has 1 rings (SSSR count). The zero-order valence-electron chi connectivity index (χ0n) is 6.27. The Bertz CT molecular complexity index is 367. The fourth-order valence-corrected chi connectivity index (χ4v) is 1.03. The molecule has 13 heavy (non-hydrogen) atoms. The van der Waals surface area contributed by atoms with Gasteiger partial charge in [0.05, 0.1) is 5.56 Å². The van der Waals surface area contributed by atoms with E-state index in [0.717, 1.165) is 6.07 Å². The molecule has 0 aliphatic heterocycles. The zero-order valence-corrected chi connectivity index (χ0v) is 7.02. The van der Waals surface area contributed by atoms with Crippen LogP contribution in [0.5, 0.6) is 0 Å². The van der Waals surface area contributed by atoms with Crippen LogP contribution in [0.2, 0.25) is 5.15 Å². The van der Waals surface area contributed by atoms with Crippen LogP contribution < -0.4 is 0 Å². The third-order valence-corrected chi connectivity index (χ3v) is 1.61. The lowest BCUT2D eigenvalue weighted by Gasteiger charge is -2.14. The summed E-state index contributed by atoms with van der Waals surface area (Å²) >= 11 is 5.45. The summed E-state index contributed by atoms with van der Waals surface area (Å²) in [5.74, 6) is -3.03. The molecule has 0 amide bonds. The van der Waals surface area contributed by atoms with Gasteiger partial charge in [0.2, 0.25) is 0 Å². The van der Waals surface area contributed by atoms with E-state index in [1.165, 1.54) is 6.07 Å². The summed E-state index contributed by atoms with van der Waals surface area (Å²) in [6, 6.07) is 4.02. The van der Waals surface area contributed by atoms with Crippen molar-refractivity contribution >= 4 is 11.6 Å². The van der Waals surface area contributed by atoms with E-state index in [4.69, 9.17) is 32.2 Å². The molecule has 0 aliphatic carbocycles. The second kappa shape index (κ2) is 3.28. The Morgan fingerprint density at radius 1 is 1.38 bits per heavy atom. The first-order valence-electron chi connectivity index (χ1n) is 3.19. The molecule has 6 heteroatoms. The van der Waals surface area contributed by atoms with Gasteiger partial charge in [-0.1, -0.05) is 11.6 Å². The predicted octanol–water partition coefficient (Wildman–Crippen LogP) is -0.306. The molecule has 0 unspecified atom stereocenters. The Morgan fingerprint density at radius 2 is 2.00 bits per heavy atom. The maximum absolute atomic E-state index is 8.74. The molecule has 0 fully saturated rings. The van der Waals surface area contributed by atoms with E-state index in [1.807, 2.05) is 0 Å². The minimum atomic E-state index is -3.03. The van der Waals surface area contributed by atoms with Crippen molar-refractivity contribution in [3.63, 3.8) is 0 Å². The summed E-state index contributed by atoms with van der Waals surface area (Å²) in [4.78, 5) is 3.48. The highest BCUT2D eigenvalue weighted by molar-refractivity contribution is 6.30. The van der Waals surface area contributed by atoms with Crippen LogP contribution in [0.15, 0.2) is 12.1 Å². The Labute approximate surface area is 78.5 Å². The van der Waals surface area contributed by atoms with Gasteiger partial charge < -0.3 is 15.3 Å². The van der Waals surface area contributed by atoms with E-state index in [1.54, 1.807) is 6.07 Å². The highest BCUT2D eigenvalue weighted by Gasteiger charge is 2.25. The van der Waals surface area contributed by atoms with Crippen molar-refractivity contribution in [2.75, 3.05) is 0 Å². The summed E-state index contributed by atoms with van der Waals surface area (Å²) in [6.45, 7) is 0. The summed E-state index contributed by atoms with van der Waals surface area (Å²) < 4.78 is 0. The van der Waals surface area contributed by atoms with Crippen LogP contribution in [0.3, 0.4) is 0 Å². The van der Waals surface area contributed by atoms with Crippen molar-refractivity contribution < 1.29 is 15.3 Å². The second-order valence-electron chi connectivity index (χ2n) is 2.28. The molecule has 68 valence electrons. The van der Waals surface area contributed by atoms with Crippen LogP contribution in [-0.2, 0) is 5.97 Å². The van der Waals surface area contributed by atoms with Crippen LogP contribution in [0.4, 0.5) is 0 Å². The number of aromatic nitrogens is 1. The average Bonchev–Trinajstić information content (AvgIpc) is 2.01. The van der Waals surface area contributed by atoms with Gasteiger partial charge in [0, 0.05) is 0 Å². The van der Waals surface area contributed by atoms with Gasteiger partial charge >= 0.3 is 5.97 Å². The van der Waals surface area contributed by atoms with Gasteiger partial charge in [0.15, 0.2) is 0 Å². The van der Waals surface area contributed by atoms with Crippen molar-refractivity contribution in [3.05, 3.63) is 28.5 Å². The molecule has 1 heterocycles. The van der Waals surface area contributed by atoms with Crippen LogP contribution in [-0.4, -0.2) is 20.3 Å². The average molecular weight is 201 g/mol. The minimum absolute atomic E-state index is 0.0259. The molecule has 1 aromatic heterocycles. The number of rotatable bonds is 1. The van der Waals surface area contributed by atoms with Gasteiger partial charge in [-0.05, 0) is 12.1 Å². The van der Waals surface area contributed by atoms with Crippen molar-refractivity contribution in [1.29, 1.82) is 5.26 Å². The lowest BCUT2D eigenvalue weighted by Crippen LogP contribution is -2.24. The third kappa shape index (κ3) is 2.14. The number of hydrogen-bond acceptors (Lipinski definition) is 5. The molecule has 0 bridgehead atoms. The van der Waals surface area contributed by atoms with Gasteiger partial charge in [-0.15, -0.1) is 0 Å². The van der Waals surface area contributed by atoms with E-state index >= 15 is 0 Å². The maximum Gasteiger partial charge on any atom is 0.307 e. The Morgan fingerprint density at radius 3 is 2.38 bits per heavy atom. The minimum Gasteiger partial charge on any atom is -0.340 e. The fraction of sp³-hybridized carbons (Fsp3) is 0.143. The first-order chi connectivity index (χ1) is 5.95. The summed E-state index contributed by atoms with van der Waals surface area (Å²) in [6.07, 6.45) is 0. The number of nitriles is 1. The molecular formula is C7H5ClN2O3. The molecule has 0 saturated carbocycles. The number of aliphatic hydroxyl groups is 3. The van der Waals surface area contributed by atoms with E-state index in [0.29, 0.717) is 0 Å². The molecule has 0 atom stereocenters. The normalized spacial score (nSPS) is 11.0. The molecule has 0 saturated heterocycles. The molecule has 3 N–H and O–H groups in total. The molecular weight excluding hydrogens is 196 g/mol. The first-order valence-corrected chi connectivity index (χ1v) is 3.57. The van der Waals surface area contributed by atoms with Crippen LogP contribution in [0, 0.1) is 11.3 Å². The number of pyridine rings is 1. The highest BCUT2D eigenvalue weighted by atomic mass is 35.5. The van der Waals surface area contributed by atoms with E-state index in [2.05, 4.69) is 4.98 Å². The summed E-state index contributed by atoms with van der Waals surface area (Å²) in [5, 5.41) is 34.3. The maximum atomic E-state index is 8.74. The zero-order chi connectivity index (χ0) is 10.1. The van der Waals surface area contributed by atoms with Crippen LogP contribution in [0.1, 0.15) is 11.3 Å². The Hall–Kier alpha value is -1.19. The lowest BCUT2D eigenvalue weighted by atomic mass is 10.2. The van der Waals surface area contributed by atoms with Crippen molar-refractivity contribution in [3.8, 4) is 6.07 Å². The number of hydrogen-bond donors (Lipinski definition) is 3. The first kappa shape index (κ1) is 9.89. The van der Waals surface area contributed by atoms with Crippen molar-refractivity contribution in [2.45, 2.75) is 5.97 Å². The molecule has 1 aromatic rings. The summed E-state index contributed by atoms with van der Waals surface area (Å²) in [5.41, 5.74) is -0.342. The van der Waals surface area contributed by atoms with Gasteiger partial charge in [0.1, 0.15) is 16.9 Å². The molecule has 0 aromatic carbocycles. The van der Waals surface area contributed by atoms with E-state index < -0.39 is 5.97 Å². The SMILES string of the molecule is N#Cc1ccc(C(O)(O)O)c(Cl)n1. The van der Waals surface area contributed by atoms with Crippen molar-refractivity contribution in [2.24, 2.45) is 0 Å². The molecule has 0 aliphatic rings. The summed E-state index contributed by atoms with van der Waals surface area (Å²) in [7, 11) is 0. The van der Waals surface area contributed by atoms with Gasteiger partial charge in [0.25, 0.3) is 0 Å². The van der Waals surface area contributed by atoms with Crippen LogP contribution >= 0.6 is 11.6 Å².